The average molecular weight is 397 g/mol. The first-order valence-electron chi connectivity index (χ1n) is 8.30. The van der Waals surface area contributed by atoms with Crippen LogP contribution in [0.1, 0.15) is 31.2 Å². The number of anilines is 1. The summed E-state index contributed by atoms with van der Waals surface area (Å²) < 4.78 is 14.1. The predicted molar refractivity (Wildman–Crippen MR) is 107 cm³/mol. The van der Waals surface area contributed by atoms with E-state index in [0.29, 0.717) is 39.0 Å². The fourth-order valence-corrected chi connectivity index (χ4v) is 3.83. The zero-order chi connectivity index (χ0) is 17.8. The lowest BCUT2D eigenvalue weighted by Crippen LogP contribution is -2.41. The van der Waals surface area contributed by atoms with Crippen molar-refractivity contribution in [3.05, 3.63) is 63.9 Å². The Morgan fingerprint density at radius 3 is 2.60 bits per heavy atom. The molecule has 2 nitrogen and oxygen atoms in total. The Balaban J connectivity index is 1.82. The van der Waals surface area contributed by atoms with E-state index in [1.165, 1.54) is 18.9 Å². The summed E-state index contributed by atoms with van der Waals surface area (Å²) in [4.78, 5) is 2.07. The van der Waals surface area contributed by atoms with Crippen molar-refractivity contribution in [2.24, 2.45) is 0 Å². The summed E-state index contributed by atoms with van der Waals surface area (Å²) in [5, 5.41) is 4.85. The number of halogens is 3. The van der Waals surface area contributed by atoms with Gasteiger partial charge in [0.05, 0.1) is 10.7 Å². The molecule has 0 aromatic heterocycles. The molecule has 2 aromatic rings. The summed E-state index contributed by atoms with van der Waals surface area (Å²) in [5.41, 5.74) is 1.30. The molecular weight excluding hydrogens is 378 g/mol. The first-order valence-corrected chi connectivity index (χ1v) is 9.47. The van der Waals surface area contributed by atoms with E-state index in [-0.39, 0.29) is 5.82 Å². The van der Waals surface area contributed by atoms with E-state index in [2.05, 4.69) is 10.2 Å². The van der Waals surface area contributed by atoms with E-state index in [9.17, 15) is 4.39 Å². The number of hydrogen-bond donors (Lipinski definition) is 1. The molecule has 25 heavy (non-hydrogen) atoms. The van der Waals surface area contributed by atoms with Crippen LogP contribution in [0.4, 0.5) is 10.1 Å². The minimum atomic E-state index is -0.214. The molecule has 0 amide bonds. The number of rotatable bonds is 4. The van der Waals surface area contributed by atoms with Crippen molar-refractivity contribution in [1.29, 1.82) is 0 Å². The van der Waals surface area contributed by atoms with Gasteiger partial charge < -0.3 is 10.2 Å². The number of benzene rings is 2. The van der Waals surface area contributed by atoms with Crippen molar-refractivity contribution >= 4 is 46.2 Å². The molecule has 1 aliphatic carbocycles. The predicted octanol–water partition coefficient (Wildman–Crippen LogP) is 6.27. The number of nitrogens with zero attached hydrogens (tertiary/aromatic N) is 1. The minimum absolute atomic E-state index is 0.214. The highest BCUT2D eigenvalue weighted by molar-refractivity contribution is 7.80. The van der Waals surface area contributed by atoms with Gasteiger partial charge in [-0.25, -0.2) is 4.39 Å². The molecule has 1 N–H and O–H groups in total. The molecule has 6 heteroatoms. The summed E-state index contributed by atoms with van der Waals surface area (Å²) >= 11 is 17.9. The van der Waals surface area contributed by atoms with E-state index in [0.717, 1.165) is 12.8 Å². The van der Waals surface area contributed by atoms with Crippen molar-refractivity contribution in [2.75, 3.05) is 5.32 Å². The summed E-state index contributed by atoms with van der Waals surface area (Å²) in [5.74, 6) is -0.214. The zero-order valence-electron chi connectivity index (χ0n) is 13.6. The zero-order valence-corrected chi connectivity index (χ0v) is 16.0. The highest BCUT2D eigenvalue weighted by Gasteiger charge is 2.26. The van der Waals surface area contributed by atoms with Crippen LogP contribution in [0.25, 0.3) is 0 Å². The number of nitrogens with one attached hydrogen (secondary N) is 1. The molecule has 1 fully saturated rings. The van der Waals surface area contributed by atoms with Crippen LogP contribution in [-0.4, -0.2) is 16.1 Å². The van der Waals surface area contributed by atoms with Gasteiger partial charge in [0.15, 0.2) is 5.11 Å². The molecule has 1 aliphatic rings. The van der Waals surface area contributed by atoms with E-state index in [4.69, 9.17) is 35.4 Å². The number of hydrogen-bond acceptors (Lipinski definition) is 1. The van der Waals surface area contributed by atoms with Gasteiger partial charge in [-0.05, 0) is 49.3 Å². The topological polar surface area (TPSA) is 15.3 Å². The van der Waals surface area contributed by atoms with Gasteiger partial charge in [0.2, 0.25) is 0 Å². The molecule has 0 bridgehead atoms. The molecule has 0 unspecified atom stereocenters. The third-order valence-corrected chi connectivity index (χ3v) is 5.40. The third kappa shape index (κ3) is 4.63. The highest BCUT2D eigenvalue weighted by atomic mass is 35.5. The normalized spacial score (nSPS) is 14.5. The summed E-state index contributed by atoms with van der Waals surface area (Å²) in [7, 11) is 0. The van der Waals surface area contributed by atoms with Gasteiger partial charge in [-0.15, -0.1) is 0 Å². The molecule has 1 saturated carbocycles. The molecule has 0 radical (unpaired) electrons. The Kier molecular flexibility index (Phi) is 6.15. The molecular formula is C19H19Cl2FN2S. The van der Waals surface area contributed by atoms with Crippen LogP contribution in [0.15, 0.2) is 42.5 Å². The van der Waals surface area contributed by atoms with Crippen LogP contribution >= 0.6 is 35.4 Å². The Morgan fingerprint density at radius 2 is 1.88 bits per heavy atom. The summed E-state index contributed by atoms with van der Waals surface area (Å²) in [6, 6.07) is 12.3. The Hall–Kier alpha value is -1.36. The molecule has 0 aliphatic heterocycles. The molecule has 0 saturated heterocycles. The van der Waals surface area contributed by atoms with Crippen molar-refractivity contribution < 1.29 is 4.39 Å². The van der Waals surface area contributed by atoms with E-state index in [1.807, 2.05) is 6.07 Å². The van der Waals surface area contributed by atoms with Gasteiger partial charge in [0.1, 0.15) is 5.82 Å². The van der Waals surface area contributed by atoms with Crippen LogP contribution in [0.3, 0.4) is 0 Å². The maximum atomic E-state index is 14.1. The first-order chi connectivity index (χ1) is 12.0. The standard InChI is InChI=1S/C19H19Cl2FN2S/c20-14-9-10-16(21)18(11-14)23-19(25)24(15-6-2-3-7-15)12-13-5-1-4-8-17(13)22/h1,4-5,8-11,15H,2-3,6-7,12H2,(H,23,25). The SMILES string of the molecule is Fc1ccccc1CN(C(=S)Nc1cc(Cl)ccc1Cl)C1CCCC1. The number of thiocarbonyl (C=S) groups is 1. The van der Waals surface area contributed by atoms with E-state index >= 15 is 0 Å². The lowest BCUT2D eigenvalue weighted by Gasteiger charge is -2.32. The molecule has 2 aromatic carbocycles. The van der Waals surface area contributed by atoms with Crippen molar-refractivity contribution in [3.8, 4) is 0 Å². The Morgan fingerprint density at radius 1 is 1.16 bits per heavy atom. The average Bonchev–Trinajstić information content (AvgIpc) is 3.11. The van der Waals surface area contributed by atoms with Crippen molar-refractivity contribution in [2.45, 2.75) is 38.3 Å². The Bertz CT molecular complexity index is 763. The summed E-state index contributed by atoms with van der Waals surface area (Å²) in [6.45, 7) is 0.432. The second-order valence-corrected chi connectivity index (χ2v) is 7.44. The summed E-state index contributed by atoms with van der Waals surface area (Å²) in [6.07, 6.45) is 4.44. The van der Waals surface area contributed by atoms with Crippen LogP contribution in [0, 0.1) is 5.82 Å². The van der Waals surface area contributed by atoms with Gasteiger partial charge in [-0.3, -0.25) is 0 Å². The molecule has 132 valence electrons. The maximum absolute atomic E-state index is 14.1. The Labute approximate surface area is 162 Å². The van der Waals surface area contributed by atoms with Crippen LogP contribution in [0.5, 0.6) is 0 Å². The monoisotopic (exact) mass is 396 g/mol. The van der Waals surface area contributed by atoms with E-state index in [1.54, 1.807) is 30.3 Å². The highest BCUT2D eigenvalue weighted by Crippen LogP contribution is 2.29. The fraction of sp³-hybridized carbons (Fsp3) is 0.316. The van der Waals surface area contributed by atoms with Crippen LogP contribution in [0.2, 0.25) is 10.0 Å². The third-order valence-electron chi connectivity index (χ3n) is 4.49. The molecule has 3 rings (SSSR count). The lowest BCUT2D eigenvalue weighted by molar-refractivity contribution is 0.308. The van der Waals surface area contributed by atoms with Crippen LogP contribution in [-0.2, 0) is 6.54 Å². The van der Waals surface area contributed by atoms with Gasteiger partial charge >= 0.3 is 0 Å². The smallest absolute Gasteiger partial charge is 0.174 e. The molecule has 0 spiro atoms. The minimum Gasteiger partial charge on any atom is -0.342 e. The fourth-order valence-electron chi connectivity index (χ4n) is 3.17. The van der Waals surface area contributed by atoms with Gasteiger partial charge in [0, 0.05) is 23.2 Å². The molecule has 0 atom stereocenters. The second-order valence-electron chi connectivity index (χ2n) is 6.21. The molecule has 0 heterocycles. The lowest BCUT2D eigenvalue weighted by atomic mass is 10.1. The van der Waals surface area contributed by atoms with Gasteiger partial charge in [-0.2, -0.15) is 0 Å². The van der Waals surface area contributed by atoms with Gasteiger partial charge in [-0.1, -0.05) is 54.2 Å². The first kappa shape index (κ1) is 18.4. The van der Waals surface area contributed by atoms with Gasteiger partial charge in [0.25, 0.3) is 0 Å². The van der Waals surface area contributed by atoms with E-state index < -0.39 is 0 Å². The largest absolute Gasteiger partial charge is 0.342 e. The van der Waals surface area contributed by atoms with Crippen molar-refractivity contribution in [1.82, 2.24) is 4.90 Å². The quantitative estimate of drug-likeness (QED) is 0.612. The van der Waals surface area contributed by atoms with Crippen LogP contribution < -0.4 is 5.32 Å². The van der Waals surface area contributed by atoms with Crippen molar-refractivity contribution in [3.63, 3.8) is 0 Å². The maximum Gasteiger partial charge on any atom is 0.174 e. The second kappa shape index (κ2) is 8.35.